The molecule has 17 N–H and O–H groups in total. The molecule has 5 aromatic carbocycles. The first-order valence-corrected chi connectivity index (χ1v) is 51.4. The summed E-state index contributed by atoms with van der Waals surface area (Å²) in [7, 11) is -2.90. The van der Waals surface area contributed by atoms with Crippen molar-refractivity contribution in [2.45, 2.75) is 267 Å². The number of aliphatic carboxylic acids is 2. The maximum Gasteiger partial charge on any atom is 0.305 e. The van der Waals surface area contributed by atoms with Crippen molar-refractivity contribution in [1.82, 2.24) is 62.0 Å². The van der Waals surface area contributed by atoms with E-state index in [1.807, 2.05) is 115 Å². The smallest absolute Gasteiger partial charge is 0.305 e. The van der Waals surface area contributed by atoms with Gasteiger partial charge in [-0.25, -0.2) is 8.42 Å². The number of ketones is 3. The van der Waals surface area contributed by atoms with Crippen LogP contribution >= 0.6 is 0 Å². The Morgan fingerprint density at radius 1 is 0.435 bits per heavy atom. The molecule has 0 aromatic heterocycles. The number of methoxy groups -OCH3 is 1. The van der Waals surface area contributed by atoms with Crippen LogP contribution in [0.15, 0.2) is 127 Å². The molecule has 6 aliphatic rings. The number of nitrogens with one attached hydrogen (secondary N) is 9. The van der Waals surface area contributed by atoms with E-state index in [2.05, 4.69) is 53.8 Å². The molecule has 11 rings (SSSR count). The molecule has 14 atom stereocenters. The largest absolute Gasteiger partial charge is 0.481 e. The van der Waals surface area contributed by atoms with Crippen molar-refractivity contribution < 1.29 is 129 Å². The molecule has 5 heterocycles. The van der Waals surface area contributed by atoms with Gasteiger partial charge in [0.25, 0.3) is 11.8 Å². The molecule has 5 fully saturated rings. The zero-order valence-electron chi connectivity index (χ0n) is 83.4. The Bertz CT molecular complexity index is 5770. The number of amides is 14. The summed E-state index contributed by atoms with van der Waals surface area (Å²) in [6, 6.07) is 24.6. The lowest BCUT2D eigenvalue weighted by Gasteiger charge is -2.37. The van der Waals surface area contributed by atoms with Crippen molar-refractivity contribution in [1.29, 1.82) is 0 Å². The van der Waals surface area contributed by atoms with E-state index in [4.69, 9.17) is 31.4 Å². The summed E-state index contributed by atoms with van der Waals surface area (Å²) >= 11 is 0. The Kier molecular flexibility index (Phi) is 45.7. The molecule has 2 unspecified atom stereocenters. The van der Waals surface area contributed by atoms with Crippen LogP contribution in [0.2, 0.25) is 0 Å². The maximum absolute atomic E-state index is 14.0. The van der Waals surface area contributed by atoms with Gasteiger partial charge in [0.15, 0.2) is 29.6 Å². The number of nitrogens with zero attached hydrogens (tertiary/aromatic N) is 3. The monoisotopic (exact) mass is 2060 g/mol. The van der Waals surface area contributed by atoms with Gasteiger partial charge in [-0.05, 0) is 184 Å². The highest BCUT2D eigenvalue weighted by atomic mass is 32.2. The minimum Gasteiger partial charge on any atom is -0.481 e. The number of allylic oxidation sites excluding steroid dienone is 1. The molecule has 14 amide bonds. The number of carboxylic acid groups (broad SMARTS) is 2. The lowest BCUT2D eigenvalue weighted by Crippen LogP contribution is -2.59. The molecular weight excluding hydrogens is 1920 g/mol. The number of sulfonamides is 1. The predicted octanol–water partition coefficient (Wildman–Crippen LogP) is 3.19. The fraction of sp³-hybridized carbons (Fsp3) is 0.519. The predicted molar refractivity (Wildman–Crippen MR) is 537 cm³/mol. The summed E-state index contributed by atoms with van der Waals surface area (Å²) in [5.41, 5.74) is 21.4. The highest BCUT2D eigenvalue weighted by Crippen LogP contribution is 2.34. The number of nitrogens with two attached hydrogens (primary N) is 3. The van der Waals surface area contributed by atoms with Crippen molar-refractivity contribution in [3.05, 3.63) is 150 Å². The van der Waals surface area contributed by atoms with E-state index in [1.54, 1.807) is 0 Å². The molecule has 0 radical (unpaired) electrons. The number of rotatable bonds is 55. The maximum atomic E-state index is 14.0. The number of carbonyl (C=O) groups excluding carboxylic acids is 18. The number of primary amides is 3. The Labute approximate surface area is 852 Å². The number of Topliss-reactive ketones (excluding diaryl/α,β-unsaturated/α-hetero) is 3. The zero-order valence-corrected chi connectivity index (χ0v) is 84.2. The van der Waals surface area contributed by atoms with Gasteiger partial charge >= 0.3 is 17.9 Å². The first kappa shape index (κ1) is 116. The zero-order chi connectivity index (χ0) is 107. The molecule has 5 saturated heterocycles. The van der Waals surface area contributed by atoms with Crippen LogP contribution in [0.1, 0.15) is 204 Å². The van der Waals surface area contributed by atoms with Crippen LogP contribution in [-0.4, -0.2) is 277 Å². The SMILES string of the molecule is C=CS(=O)(=O)N[C@@H](CCC(=O)O)C(=O)N1CCCC[C@H]1C(=O)N[C@@H](Cc1ccc2ccccc2c1)C(=O)C[C@@H](CCCNC(C)=O)C(N)=O.CC(=O)NCCC[C@H](CC(=O)[C@H](Cc1ccc2ccccc2c1)NC(=O)[C@@H]1CCCCN1C(=O)[C@H](CCC(=O)O)NC(=O)C1CO1)C(N)=O.COC(=O)CC[C@H](NC(=O)C1CO1)C(=O)N1CCCC[C@H]1C(=O)N[C@@H](CC1=CCc2ccccc21)C(=O)C[C@@H](CCCNC(C)=O)C(N)=O. The number of hydrogen-bond acceptors (Lipinski definition) is 25. The molecule has 147 heavy (non-hydrogen) atoms. The van der Waals surface area contributed by atoms with Crippen molar-refractivity contribution >= 4 is 155 Å². The first-order valence-electron chi connectivity index (χ1n) is 49.8. The number of benzene rings is 5. The average Bonchev–Trinajstić information content (AvgIpc) is 0.999. The van der Waals surface area contributed by atoms with Crippen LogP contribution in [0.25, 0.3) is 27.1 Å². The van der Waals surface area contributed by atoms with Crippen LogP contribution in [0.5, 0.6) is 0 Å². The molecule has 42 nitrogen and oxygen atoms in total. The number of hydrogen-bond donors (Lipinski definition) is 14. The Morgan fingerprint density at radius 3 is 1.13 bits per heavy atom. The average molecular weight is 2060 g/mol. The molecule has 0 saturated carbocycles. The quantitative estimate of drug-likeness (QED) is 0.0151. The standard InChI is InChI=1S/C35H47N5O9.C35H45N5O9.C34H45N5O9S/c1-21(41)37-16-7-9-24(32(36)44)19-29(42)27(18-23-13-12-22-8-3-4-10-25(22)23)39-33(45)28-11-5-6-17-40(28)35(47)26(14-15-31(43)48-2)38-34(46)30-20-49-30;1-21(41)37-15-6-9-25(32(36)45)19-29(42)27(18-22-11-12-23-7-2-3-8-24(23)17-22)39-33(46)28-10-4-5-16-40(28)35(48)26(13-14-31(43)44)38-34(47)30-20-49-30;1-3-49(47,48)38-27(15-16-31(42)43)34(46)39-18-7-6-12-29(39)33(45)37-28(20-23-13-14-24-9-4-5-10-25(24)19-23)30(41)21-26(32(35)44)11-8-17-36-22(2)40/h3-4,8,10,13,24,26-28,30H,5-7,9,11-12,14-20H2,1-2H3,(H2,36,44)(H,37,41)(H,38,46)(H,39,45);2-3,7-8,11-12,17,25-28,30H,4-6,9-10,13-16,18-20H2,1H3,(H2,36,45)(H,37,41)(H,38,47)(H,39,46)(H,43,44);3-5,9-10,13-14,19,26-29,38H,1,6-8,11-12,15-18,20-21H2,2H3,(H2,35,44)(H,36,40)(H,37,45)(H,42,43)/t24-,26+,27+,28+,30?;25-,26+,27+,28+,30?;26-,27+,28+,29+/m111/s1. The normalized spacial score (nSPS) is 18.4. The number of fused-ring (bicyclic) bond motifs is 3. The van der Waals surface area contributed by atoms with Crippen LogP contribution in [0, 0.1) is 17.8 Å². The van der Waals surface area contributed by atoms with Gasteiger partial charge in [-0.2, -0.15) is 4.72 Å². The van der Waals surface area contributed by atoms with E-state index < -0.39 is 195 Å². The summed E-state index contributed by atoms with van der Waals surface area (Å²) in [4.78, 5) is 259. The second kappa shape index (κ2) is 57.7. The number of ether oxygens (including phenoxy) is 3. The fourth-order valence-electron chi connectivity index (χ4n) is 18.4. The number of piperidine rings is 3. The third-order valence-corrected chi connectivity index (χ3v) is 27.6. The van der Waals surface area contributed by atoms with E-state index in [-0.39, 0.29) is 153 Å². The van der Waals surface area contributed by atoms with E-state index in [9.17, 15) is 115 Å². The molecule has 0 spiro atoms. The first-order chi connectivity index (χ1) is 70.1. The third kappa shape index (κ3) is 37.7. The number of carbonyl (C=O) groups is 20. The van der Waals surface area contributed by atoms with Gasteiger partial charge in [0.2, 0.25) is 80.9 Å². The molecule has 43 heteroatoms. The van der Waals surface area contributed by atoms with Crippen molar-refractivity contribution in [2.24, 2.45) is 35.0 Å². The van der Waals surface area contributed by atoms with E-state index >= 15 is 0 Å². The highest BCUT2D eigenvalue weighted by Gasteiger charge is 2.45. The van der Waals surface area contributed by atoms with Crippen molar-refractivity contribution in [3.63, 3.8) is 0 Å². The number of epoxide rings is 2. The third-order valence-electron chi connectivity index (χ3n) is 26.6. The molecule has 5 aromatic rings. The van der Waals surface area contributed by atoms with Crippen LogP contribution < -0.4 is 64.5 Å². The minimum atomic E-state index is -4.13. The number of carboxylic acids is 2. The van der Waals surface area contributed by atoms with Gasteiger partial charge in [-0.15, -0.1) is 0 Å². The second-order valence-electron chi connectivity index (χ2n) is 37.7. The lowest BCUT2D eigenvalue weighted by atomic mass is 9.89. The van der Waals surface area contributed by atoms with E-state index in [1.165, 1.54) is 42.6 Å². The van der Waals surface area contributed by atoms with Gasteiger partial charge in [-0.1, -0.05) is 122 Å². The van der Waals surface area contributed by atoms with Crippen molar-refractivity contribution in [2.75, 3.05) is 59.6 Å². The van der Waals surface area contributed by atoms with Gasteiger partial charge < -0.3 is 98.9 Å². The molecule has 5 aliphatic heterocycles. The Balaban J connectivity index is 0.000000245. The molecule has 0 bridgehead atoms. The van der Waals surface area contributed by atoms with Crippen LogP contribution in [-0.2, 0) is 139 Å². The van der Waals surface area contributed by atoms with Crippen LogP contribution in [0.3, 0.4) is 0 Å². The highest BCUT2D eigenvalue weighted by molar-refractivity contribution is 7.92. The van der Waals surface area contributed by atoms with E-state index in [0.717, 1.165) is 49.4 Å². The summed E-state index contributed by atoms with van der Waals surface area (Å²) < 4.78 is 41.5. The number of likely N-dealkylation sites (tertiary alicyclic amines) is 3. The molecule has 796 valence electrons. The van der Waals surface area contributed by atoms with Crippen molar-refractivity contribution in [3.8, 4) is 0 Å². The Hall–Kier alpha value is -14.1. The fourth-order valence-corrected chi connectivity index (χ4v) is 19.1. The minimum absolute atomic E-state index is 0.0279. The van der Waals surface area contributed by atoms with Gasteiger partial charge in [0, 0.05) is 128 Å². The summed E-state index contributed by atoms with van der Waals surface area (Å²) in [6.07, 6.45) is 5.98. The van der Waals surface area contributed by atoms with E-state index in [0.29, 0.717) is 102 Å². The summed E-state index contributed by atoms with van der Waals surface area (Å²) in [5, 5.41) is 44.7. The summed E-state index contributed by atoms with van der Waals surface area (Å²) in [6.45, 7) is 9.31. The molecular formula is C104H137N15O27S. The topological polar surface area (TPSA) is 646 Å². The second-order valence-corrected chi connectivity index (χ2v) is 39.4. The summed E-state index contributed by atoms with van der Waals surface area (Å²) in [5.74, 6) is -13.9. The van der Waals surface area contributed by atoms with Gasteiger partial charge in [-0.3, -0.25) is 95.9 Å². The number of esters is 1. The Morgan fingerprint density at radius 2 is 0.776 bits per heavy atom. The van der Waals surface area contributed by atoms with Gasteiger partial charge in [0.05, 0.1) is 38.4 Å². The van der Waals surface area contributed by atoms with Crippen LogP contribution in [0.4, 0.5) is 0 Å². The lowest BCUT2D eigenvalue weighted by molar-refractivity contribution is -0.147. The molecule has 1 aliphatic carbocycles. The van der Waals surface area contributed by atoms with Gasteiger partial charge in [0.1, 0.15) is 36.3 Å².